The number of aliphatic hydroxyl groups is 1. The SMILES string of the molecule is COCC(=O)N[C@@H]1CN(Cc2cccc3[nH]ccc23)C[C@H]1CO. The fraction of sp³-hybridized carbons (Fsp3) is 0.471. The maximum atomic E-state index is 11.7. The first-order valence-corrected chi connectivity index (χ1v) is 7.87. The van der Waals surface area contributed by atoms with Gasteiger partial charge in [-0.25, -0.2) is 0 Å². The molecule has 6 heteroatoms. The summed E-state index contributed by atoms with van der Waals surface area (Å²) in [6.07, 6.45) is 1.95. The molecule has 2 aromatic rings. The molecule has 0 bridgehead atoms. The maximum absolute atomic E-state index is 11.7. The van der Waals surface area contributed by atoms with Crippen molar-refractivity contribution in [3.05, 3.63) is 36.0 Å². The Kier molecular flexibility index (Phi) is 4.95. The summed E-state index contributed by atoms with van der Waals surface area (Å²) in [5.74, 6) is -0.0771. The summed E-state index contributed by atoms with van der Waals surface area (Å²) in [4.78, 5) is 17.2. The lowest BCUT2D eigenvalue weighted by Crippen LogP contribution is -2.43. The lowest BCUT2D eigenvalue weighted by Gasteiger charge is -2.18. The summed E-state index contributed by atoms with van der Waals surface area (Å²) in [6.45, 7) is 2.44. The third-order valence-electron chi connectivity index (χ3n) is 4.45. The van der Waals surface area contributed by atoms with E-state index in [9.17, 15) is 9.90 Å². The van der Waals surface area contributed by atoms with Crippen molar-refractivity contribution in [3.63, 3.8) is 0 Å². The Morgan fingerprint density at radius 3 is 3.09 bits per heavy atom. The van der Waals surface area contributed by atoms with Crippen molar-refractivity contribution >= 4 is 16.8 Å². The van der Waals surface area contributed by atoms with Crippen LogP contribution in [-0.2, 0) is 16.1 Å². The molecule has 124 valence electrons. The maximum Gasteiger partial charge on any atom is 0.246 e. The zero-order valence-electron chi connectivity index (χ0n) is 13.3. The number of hydrogen-bond acceptors (Lipinski definition) is 4. The van der Waals surface area contributed by atoms with Crippen molar-refractivity contribution < 1.29 is 14.6 Å². The molecule has 0 aliphatic carbocycles. The average Bonchev–Trinajstić information content (AvgIpc) is 3.14. The Labute approximate surface area is 135 Å². The van der Waals surface area contributed by atoms with Crippen LogP contribution < -0.4 is 5.32 Å². The van der Waals surface area contributed by atoms with E-state index in [1.807, 2.05) is 12.3 Å². The van der Waals surface area contributed by atoms with Crippen molar-refractivity contribution in [2.75, 3.05) is 33.4 Å². The minimum absolute atomic E-state index is 0.0342. The smallest absolute Gasteiger partial charge is 0.246 e. The van der Waals surface area contributed by atoms with Gasteiger partial charge in [-0.05, 0) is 17.7 Å². The summed E-state index contributed by atoms with van der Waals surface area (Å²) >= 11 is 0. The number of nitrogens with one attached hydrogen (secondary N) is 2. The molecule has 0 radical (unpaired) electrons. The number of methoxy groups -OCH3 is 1. The predicted octanol–water partition coefficient (Wildman–Crippen LogP) is 0.723. The van der Waals surface area contributed by atoms with Crippen LogP contribution in [-0.4, -0.2) is 60.4 Å². The molecule has 0 unspecified atom stereocenters. The second kappa shape index (κ2) is 7.12. The van der Waals surface area contributed by atoms with Crippen LogP contribution in [0.1, 0.15) is 5.56 Å². The second-order valence-electron chi connectivity index (χ2n) is 6.10. The molecule has 1 saturated heterocycles. The number of likely N-dealkylation sites (tertiary alicyclic amines) is 1. The number of rotatable bonds is 6. The first-order valence-electron chi connectivity index (χ1n) is 7.87. The van der Waals surface area contributed by atoms with Gasteiger partial charge < -0.3 is 20.1 Å². The van der Waals surface area contributed by atoms with E-state index in [1.165, 1.54) is 18.1 Å². The molecule has 2 atom stereocenters. The minimum atomic E-state index is -0.134. The third kappa shape index (κ3) is 3.55. The fourth-order valence-electron chi connectivity index (χ4n) is 3.35. The summed E-state index contributed by atoms with van der Waals surface area (Å²) < 4.78 is 4.85. The van der Waals surface area contributed by atoms with E-state index in [4.69, 9.17) is 4.74 Å². The number of carbonyl (C=O) groups excluding carboxylic acids is 1. The van der Waals surface area contributed by atoms with Gasteiger partial charge in [0.25, 0.3) is 0 Å². The number of aromatic nitrogens is 1. The summed E-state index contributed by atoms with van der Waals surface area (Å²) in [5, 5.41) is 13.8. The lowest BCUT2D eigenvalue weighted by molar-refractivity contribution is -0.125. The molecule has 0 saturated carbocycles. The lowest BCUT2D eigenvalue weighted by atomic mass is 10.1. The average molecular weight is 317 g/mol. The van der Waals surface area contributed by atoms with E-state index >= 15 is 0 Å². The van der Waals surface area contributed by atoms with Crippen LogP contribution >= 0.6 is 0 Å². The number of carbonyl (C=O) groups is 1. The Balaban J connectivity index is 1.67. The van der Waals surface area contributed by atoms with E-state index in [2.05, 4.69) is 33.4 Å². The van der Waals surface area contributed by atoms with Gasteiger partial charge in [-0.15, -0.1) is 0 Å². The van der Waals surface area contributed by atoms with Crippen LogP contribution in [0, 0.1) is 5.92 Å². The Bertz CT molecular complexity index is 670. The number of nitrogens with zero attached hydrogens (tertiary/aromatic N) is 1. The molecule has 3 N–H and O–H groups in total. The highest BCUT2D eigenvalue weighted by molar-refractivity contribution is 5.82. The predicted molar refractivity (Wildman–Crippen MR) is 88.0 cm³/mol. The van der Waals surface area contributed by atoms with Gasteiger partial charge in [0.15, 0.2) is 0 Å². The highest BCUT2D eigenvalue weighted by Gasteiger charge is 2.33. The fourth-order valence-corrected chi connectivity index (χ4v) is 3.35. The van der Waals surface area contributed by atoms with Gasteiger partial charge >= 0.3 is 0 Å². The molecular weight excluding hydrogens is 294 g/mol. The van der Waals surface area contributed by atoms with E-state index < -0.39 is 0 Å². The van der Waals surface area contributed by atoms with Gasteiger partial charge in [-0.1, -0.05) is 12.1 Å². The van der Waals surface area contributed by atoms with Crippen molar-refractivity contribution in [2.24, 2.45) is 5.92 Å². The molecule has 23 heavy (non-hydrogen) atoms. The molecule has 1 amide bonds. The summed E-state index contributed by atoms with van der Waals surface area (Å²) in [7, 11) is 1.50. The molecular formula is C17H23N3O3. The molecule has 1 aromatic heterocycles. The number of aliphatic hydroxyl groups excluding tert-OH is 1. The number of ether oxygens (including phenoxy) is 1. The Morgan fingerprint density at radius 2 is 2.30 bits per heavy atom. The molecule has 2 heterocycles. The third-order valence-corrected chi connectivity index (χ3v) is 4.45. The van der Waals surface area contributed by atoms with Crippen molar-refractivity contribution in [2.45, 2.75) is 12.6 Å². The summed E-state index contributed by atoms with van der Waals surface area (Å²) in [6, 6.07) is 8.29. The molecule has 6 nitrogen and oxygen atoms in total. The quantitative estimate of drug-likeness (QED) is 0.734. The Morgan fingerprint density at radius 1 is 1.43 bits per heavy atom. The first-order chi connectivity index (χ1) is 11.2. The van der Waals surface area contributed by atoms with E-state index in [1.54, 1.807) is 0 Å². The monoisotopic (exact) mass is 317 g/mol. The summed E-state index contributed by atoms with van der Waals surface area (Å²) in [5.41, 5.74) is 2.38. The highest BCUT2D eigenvalue weighted by atomic mass is 16.5. The molecule has 1 aromatic carbocycles. The number of hydrogen-bond donors (Lipinski definition) is 3. The topological polar surface area (TPSA) is 77.6 Å². The zero-order chi connectivity index (χ0) is 16.2. The minimum Gasteiger partial charge on any atom is -0.396 e. The molecule has 1 aliphatic heterocycles. The van der Waals surface area contributed by atoms with Crippen LogP contribution in [0.3, 0.4) is 0 Å². The molecule has 0 spiro atoms. The number of fused-ring (bicyclic) bond motifs is 1. The van der Waals surface area contributed by atoms with Crippen LogP contribution in [0.4, 0.5) is 0 Å². The van der Waals surface area contributed by atoms with Crippen LogP contribution in [0.25, 0.3) is 10.9 Å². The van der Waals surface area contributed by atoms with E-state index in [0.29, 0.717) is 0 Å². The number of benzene rings is 1. The number of aromatic amines is 1. The van der Waals surface area contributed by atoms with Crippen molar-refractivity contribution in [3.8, 4) is 0 Å². The largest absolute Gasteiger partial charge is 0.396 e. The zero-order valence-corrected chi connectivity index (χ0v) is 13.3. The second-order valence-corrected chi connectivity index (χ2v) is 6.10. The number of amides is 1. The van der Waals surface area contributed by atoms with Crippen LogP contribution in [0.15, 0.2) is 30.5 Å². The Hall–Kier alpha value is -1.89. The van der Waals surface area contributed by atoms with Gasteiger partial charge in [-0.2, -0.15) is 0 Å². The van der Waals surface area contributed by atoms with Gasteiger partial charge in [0, 0.05) is 62.4 Å². The van der Waals surface area contributed by atoms with Gasteiger partial charge in [0.1, 0.15) is 6.61 Å². The van der Waals surface area contributed by atoms with Gasteiger partial charge in [0.05, 0.1) is 0 Å². The molecule has 1 aliphatic rings. The standard InChI is InChI=1S/C17H23N3O3/c1-23-11-17(22)19-16-9-20(8-13(16)10-21)7-12-3-2-4-15-14(12)5-6-18-15/h2-6,13,16,18,21H,7-11H2,1H3,(H,19,22)/t13-,16+/m0/s1. The van der Waals surface area contributed by atoms with E-state index in [-0.39, 0.29) is 31.1 Å². The highest BCUT2D eigenvalue weighted by Crippen LogP contribution is 2.23. The molecule has 3 rings (SSSR count). The first kappa shape index (κ1) is 16.0. The van der Waals surface area contributed by atoms with Crippen molar-refractivity contribution in [1.82, 2.24) is 15.2 Å². The number of H-pyrrole nitrogens is 1. The van der Waals surface area contributed by atoms with Crippen LogP contribution in [0.5, 0.6) is 0 Å². The van der Waals surface area contributed by atoms with Crippen LogP contribution in [0.2, 0.25) is 0 Å². The van der Waals surface area contributed by atoms with Gasteiger partial charge in [-0.3, -0.25) is 9.69 Å². The molecule has 1 fully saturated rings. The van der Waals surface area contributed by atoms with Crippen molar-refractivity contribution in [1.29, 1.82) is 0 Å². The van der Waals surface area contributed by atoms with Gasteiger partial charge in [0.2, 0.25) is 5.91 Å². The normalized spacial score (nSPS) is 21.8. The van der Waals surface area contributed by atoms with E-state index in [0.717, 1.165) is 25.2 Å².